The minimum Gasteiger partial charge on any atom is -0.481 e. The number of aliphatic carboxylic acids is 1. The van der Waals surface area contributed by atoms with Crippen LogP contribution in [0.3, 0.4) is 0 Å². The smallest absolute Gasteiger partial charge is 0.308 e. The Hall–Kier alpha value is -1.32. The zero-order chi connectivity index (χ0) is 13.1. The third-order valence-electron chi connectivity index (χ3n) is 3.62. The molecule has 1 atom stereocenters. The largest absolute Gasteiger partial charge is 0.481 e. The minimum atomic E-state index is -0.865. The highest BCUT2D eigenvalue weighted by Gasteiger charge is 2.44. The Labute approximate surface area is 102 Å². The lowest BCUT2D eigenvalue weighted by atomic mass is 9.65. The van der Waals surface area contributed by atoms with Gasteiger partial charge in [0, 0.05) is 13.6 Å². The number of carbonyl (C=O) groups is 2. The standard InChI is InChI=1S/C13H21NO3/c1-4-6-13(7-5-8-13)12(17)14(3)9-10(2)11(15)16/h4,10H,1,5-9H2,2-3H3,(H,15,16). The van der Waals surface area contributed by atoms with Crippen LogP contribution in [0.1, 0.15) is 32.6 Å². The third kappa shape index (κ3) is 2.87. The second-order valence-corrected chi connectivity index (χ2v) is 5.05. The topological polar surface area (TPSA) is 57.6 Å². The maximum Gasteiger partial charge on any atom is 0.308 e. The SMILES string of the molecule is C=CCC1(C(=O)N(C)CC(C)C(=O)O)CCC1. The van der Waals surface area contributed by atoms with E-state index in [0.29, 0.717) is 6.42 Å². The molecule has 0 heterocycles. The van der Waals surface area contributed by atoms with Crippen molar-refractivity contribution in [1.29, 1.82) is 0 Å². The Morgan fingerprint density at radius 2 is 2.12 bits per heavy atom. The van der Waals surface area contributed by atoms with Crippen LogP contribution >= 0.6 is 0 Å². The average molecular weight is 239 g/mol. The molecule has 1 aliphatic carbocycles. The highest BCUT2D eigenvalue weighted by molar-refractivity contribution is 5.84. The highest BCUT2D eigenvalue weighted by atomic mass is 16.4. The van der Waals surface area contributed by atoms with Crippen LogP contribution < -0.4 is 0 Å². The van der Waals surface area contributed by atoms with Crippen molar-refractivity contribution in [3.05, 3.63) is 12.7 Å². The van der Waals surface area contributed by atoms with Crippen molar-refractivity contribution in [2.24, 2.45) is 11.3 Å². The van der Waals surface area contributed by atoms with Crippen molar-refractivity contribution < 1.29 is 14.7 Å². The van der Waals surface area contributed by atoms with Gasteiger partial charge in [0.25, 0.3) is 0 Å². The van der Waals surface area contributed by atoms with E-state index in [1.807, 2.05) is 0 Å². The van der Waals surface area contributed by atoms with Crippen LogP contribution in [0.5, 0.6) is 0 Å². The zero-order valence-electron chi connectivity index (χ0n) is 10.6. The van der Waals surface area contributed by atoms with E-state index in [9.17, 15) is 9.59 Å². The first kappa shape index (κ1) is 13.7. The van der Waals surface area contributed by atoms with E-state index < -0.39 is 11.9 Å². The number of hydrogen-bond donors (Lipinski definition) is 1. The molecule has 0 bridgehead atoms. The van der Waals surface area contributed by atoms with Gasteiger partial charge in [-0.2, -0.15) is 0 Å². The van der Waals surface area contributed by atoms with Crippen LogP contribution in [0.2, 0.25) is 0 Å². The molecule has 1 unspecified atom stereocenters. The maximum atomic E-state index is 12.3. The van der Waals surface area contributed by atoms with Crippen molar-refractivity contribution in [3.8, 4) is 0 Å². The molecule has 1 fully saturated rings. The number of carboxylic acid groups (broad SMARTS) is 1. The Bertz CT molecular complexity index is 321. The van der Waals surface area contributed by atoms with Gasteiger partial charge in [0.15, 0.2) is 0 Å². The van der Waals surface area contributed by atoms with Gasteiger partial charge in [-0.1, -0.05) is 19.4 Å². The van der Waals surface area contributed by atoms with Crippen molar-refractivity contribution in [3.63, 3.8) is 0 Å². The summed E-state index contributed by atoms with van der Waals surface area (Å²) in [6.07, 6.45) is 5.33. The molecule has 1 rings (SSSR count). The average Bonchev–Trinajstić information content (AvgIpc) is 2.22. The molecule has 1 saturated carbocycles. The summed E-state index contributed by atoms with van der Waals surface area (Å²) in [6.45, 7) is 5.58. The van der Waals surface area contributed by atoms with Crippen molar-refractivity contribution in [2.75, 3.05) is 13.6 Å². The van der Waals surface area contributed by atoms with Crippen LogP contribution in [0.15, 0.2) is 12.7 Å². The lowest BCUT2D eigenvalue weighted by Crippen LogP contribution is -2.47. The van der Waals surface area contributed by atoms with Crippen LogP contribution in [0.25, 0.3) is 0 Å². The molecule has 0 saturated heterocycles. The van der Waals surface area contributed by atoms with Crippen LogP contribution in [0, 0.1) is 11.3 Å². The molecule has 1 aliphatic rings. The summed E-state index contributed by atoms with van der Waals surface area (Å²) in [5, 5.41) is 8.84. The Kier molecular flexibility index (Phi) is 4.32. The molecule has 0 aromatic carbocycles. The fourth-order valence-electron chi connectivity index (χ4n) is 2.36. The van der Waals surface area contributed by atoms with E-state index in [4.69, 9.17) is 5.11 Å². The molecular formula is C13H21NO3. The number of allylic oxidation sites excluding steroid dienone is 1. The van der Waals surface area contributed by atoms with Crippen LogP contribution in [-0.2, 0) is 9.59 Å². The molecule has 17 heavy (non-hydrogen) atoms. The predicted molar refractivity (Wildman–Crippen MR) is 65.5 cm³/mol. The van der Waals surface area contributed by atoms with E-state index >= 15 is 0 Å². The molecule has 1 amide bonds. The van der Waals surface area contributed by atoms with Gasteiger partial charge in [-0.3, -0.25) is 9.59 Å². The van der Waals surface area contributed by atoms with Crippen molar-refractivity contribution in [1.82, 2.24) is 4.90 Å². The fourth-order valence-corrected chi connectivity index (χ4v) is 2.36. The van der Waals surface area contributed by atoms with E-state index in [2.05, 4.69) is 6.58 Å². The zero-order valence-corrected chi connectivity index (χ0v) is 10.6. The van der Waals surface area contributed by atoms with E-state index in [1.54, 1.807) is 24.9 Å². The molecule has 1 N–H and O–H groups in total. The van der Waals surface area contributed by atoms with Crippen LogP contribution in [0.4, 0.5) is 0 Å². The monoisotopic (exact) mass is 239 g/mol. The molecule has 0 radical (unpaired) electrons. The fraction of sp³-hybridized carbons (Fsp3) is 0.692. The lowest BCUT2D eigenvalue weighted by molar-refractivity contribution is -0.148. The van der Waals surface area contributed by atoms with E-state index in [-0.39, 0.29) is 17.9 Å². The van der Waals surface area contributed by atoms with Gasteiger partial charge in [-0.05, 0) is 19.3 Å². The molecule has 4 heteroatoms. The Balaban J connectivity index is 2.62. The molecule has 96 valence electrons. The van der Waals surface area contributed by atoms with E-state index in [0.717, 1.165) is 19.3 Å². The Morgan fingerprint density at radius 1 is 1.53 bits per heavy atom. The summed E-state index contributed by atoms with van der Waals surface area (Å²) in [5.41, 5.74) is -0.297. The number of nitrogens with zero attached hydrogens (tertiary/aromatic N) is 1. The number of amides is 1. The van der Waals surface area contributed by atoms with Gasteiger partial charge < -0.3 is 10.0 Å². The van der Waals surface area contributed by atoms with Gasteiger partial charge in [0.2, 0.25) is 5.91 Å². The molecule has 0 aromatic heterocycles. The Morgan fingerprint density at radius 3 is 2.47 bits per heavy atom. The maximum absolute atomic E-state index is 12.3. The molecule has 4 nitrogen and oxygen atoms in total. The number of hydrogen-bond acceptors (Lipinski definition) is 2. The summed E-state index contributed by atoms with van der Waals surface area (Å²) in [6, 6.07) is 0. The van der Waals surface area contributed by atoms with Crippen molar-refractivity contribution in [2.45, 2.75) is 32.6 Å². The summed E-state index contributed by atoms with van der Waals surface area (Å²) < 4.78 is 0. The van der Waals surface area contributed by atoms with Gasteiger partial charge >= 0.3 is 5.97 Å². The van der Waals surface area contributed by atoms with Gasteiger partial charge in [-0.15, -0.1) is 6.58 Å². The van der Waals surface area contributed by atoms with Gasteiger partial charge in [0.05, 0.1) is 11.3 Å². The molecular weight excluding hydrogens is 218 g/mol. The molecule has 0 aliphatic heterocycles. The summed E-state index contributed by atoms with van der Waals surface area (Å²) in [7, 11) is 1.69. The minimum absolute atomic E-state index is 0.0664. The number of carbonyl (C=O) groups excluding carboxylic acids is 1. The normalized spacial score (nSPS) is 18.9. The van der Waals surface area contributed by atoms with E-state index in [1.165, 1.54) is 0 Å². The number of carboxylic acids is 1. The second-order valence-electron chi connectivity index (χ2n) is 5.05. The van der Waals surface area contributed by atoms with Crippen LogP contribution in [-0.4, -0.2) is 35.5 Å². The van der Waals surface area contributed by atoms with Gasteiger partial charge in [-0.25, -0.2) is 0 Å². The van der Waals surface area contributed by atoms with Crippen molar-refractivity contribution >= 4 is 11.9 Å². The summed E-state index contributed by atoms with van der Waals surface area (Å²) >= 11 is 0. The number of rotatable bonds is 6. The first-order chi connectivity index (χ1) is 7.93. The summed E-state index contributed by atoms with van der Waals surface area (Å²) in [4.78, 5) is 24.6. The highest BCUT2D eigenvalue weighted by Crippen LogP contribution is 2.45. The quantitative estimate of drug-likeness (QED) is 0.720. The lowest BCUT2D eigenvalue weighted by Gasteiger charge is -2.42. The summed E-state index contributed by atoms with van der Waals surface area (Å²) in [5.74, 6) is -1.32. The second kappa shape index (κ2) is 5.34. The van der Waals surface area contributed by atoms with Gasteiger partial charge in [0.1, 0.15) is 0 Å². The molecule has 0 aromatic rings. The first-order valence-electron chi connectivity index (χ1n) is 6.02. The molecule has 0 spiro atoms. The predicted octanol–water partition coefficient (Wildman–Crippen LogP) is 1.91. The third-order valence-corrected chi connectivity index (χ3v) is 3.62. The first-order valence-corrected chi connectivity index (χ1v) is 6.02.